The van der Waals surface area contributed by atoms with E-state index in [1.807, 2.05) is 6.92 Å². The minimum Gasteiger partial charge on any atom is -0.462 e. The van der Waals surface area contributed by atoms with Crippen molar-refractivity contribution in [2.75, 3.05) is 11.9 Å². The lowest BCUT2D eigenvalue weighted by atomic mass is 9.72. The summed E-state index contributed by atoms with van der Waals surface area (Å²) in [7, 11) is 0. The number of amides is 1. The molecule has 1 aromatic heterocycles. The monoisotopic (exact) mass is 407 g/mol. The van der Waals surface area contributed by atoms with Crippen LogP contribution in [-0.2, 0) is 22.4 Å². The van der Waals surface area contributed by atoms with Gasteiger partial charge in [-0.2, -0.15) is 0 Å². The molecule has 5 heteroatoms. The number of rotatable bonds is 9. The average Bonchev–Trinajstić information content (AvgIpc) is 2.97. The molecule has 1 amide bonds. The summed E-state index contributed by atoms with van der Waals surface area (Å²) in [4.78, 5) is 26.3. The smallest absolute Gasteiger partial charge is 0.341 e. The lowest BCUT2D eigenvalue weighted by molar-refractivity contribution is -0.116. The molecule has 0 radical (unpaired) electrons. The van der Waals surface area contributed by atoms with Crippen LogP contribution in [0.15, 0.2) is 0 Å². The summed E-state index contributed by atoms with van der Waals surface area (Å²) in [6, 6.07) is 0. The summed E-state index contributed by atoms with van der Waals surface area (Å²) >= 11 is 1.58. The third-order valence-electron chi connectivity index (χ3n) is 5.73. The van der Waals surface area contributed by atoms with Crippen LogP contribution < -0.4 is 5.32 Å². The second kappa shape index (κ2) is 10.4. The Labute approximate surface area is 174 Å². The Kier molecular flexibility index (Phi) is 8.54. The Morgan fingerprint density at radius 2 is 1.86 bits per heavy atom. The SMILES string of the molecule is CCCCCCCC(=O)Nc1sc2c(c1C(=O)OCC)CCC(C(C)(C)C)C2. The van der Waals surface area contributed by atoms with Gasteiger partial charge in [0, 0.05) is 11.3 Å². The van der Waals surface area contributed by atoms with Crippen LogP contribution in [0.5, 0.6) is 0 Å². The van der Waals surface area contributed by atoms with Gasteiger partial charge in [-0.25, -0.2) is 4.79 Å². The van der Waals surface area contributed by atoms with E-state index in [1.165, 1.54) is 24.1 Å². The van der Waals surface area contributed by atoms with Crippen molar-refractivity contribution >= 4 is 28.2 Å². The van der Waals surface area contributed by atoms with Gasteiger partial charge in [0.1, 0.15) is 5.00 Å². The number of nitrogens with one attached hydrogen (secondary N) is 1. The number of hydrogen-bond donors (Lipinski definition) is 1. The van der Waals surface area contributed by atoms with Crippen molar-refractivity contribution < 1.29 is 14.3 Å². The number of ether oxygens (including phenoxy) is 1. The molecule has 0 saturated carbocycles. The number of unbranched alkanes of at least 4 members (excludes halogenated alkanes) is 4. The Morgan fingerprint density at radius 3 is 2.50 bits per heavy atom. The second-order valence-electron chi connectivity index (χ2n) is 8.95. The maximum absolute atomic E-state index is 12.6. The number of esters is 1. The summed E-state index contributed by atoms with van der Waals surface area (Å²) in [6.07, 6.45) is 9.03. The quantitative estimate of drug-likeness (QED) is 0.382. The highest BCUT2D eigenvalue weighted by molar-refractivity contribution is 7.17. The minimum atomic E-state index is -0.299. The lowest BCUT2D eigenvalue weighted by Crippen LogP contribution is -2.26. The largest absolute Gasteiger partial charge is 0.462 e. The summed E-state index contributed by atoms with van der Waals surface area (Å²) < 4.78 is 5.31. The second-order valence-corrected chi connectivity index (χ2v) is 10.1. The number of hydrogen-bond acceptors (Lipinski definition) is 4. The van der Waals surface area contributed by atoms with E-state index in [-0.39, 0.29) is 17.3 Å². The summed E-state index contributed by atoms with van der Waals surface area (Å²) in [6.45, 7) is 11.2. The molecule has 1 aliphatic rings. The van der Waals surface area contributed by atoms with E-state index in [0.29, 0.717) is 29.5 Å². The van der Waals surface area contributed by atoms with Crippen molar-refractivity contribution in [1.82, 2.24) is 0 Å². The Balaban J connectivity index is 2.13. The van der Waals surface area contributed by atoms with Crippen molar-refractivity contribution in [1.29, 1.82) is 0 Å². The van der Waals surface area contributed by atoms with Crippen LogP contribution >= 0.6 is 11.3 Å². The Morgan fingerprint density at radius 1 is 1.14 bits per heavy atom. The van der Waals surface area contributed by atoms with E-state index in [9.17, 15) is 9.59 Å². The zero-order valence-corrected chi connectivity index (χ0v) is 19.1. The fourth-order valence-corrected chi connectivity index (χ4v) is 5.24. The molecular weight excluding hydrogens is 370 g/mol. The first-order chi connectivity index (χ1) is 13.3. The fraction of sp³-hybridized carbons (Fsp3) is 0.739. The molecule has 0 aliphatic heterocycles. The van der Waals surface area contributed by atoms with E-state index in [0.717, 1.165) is 37.7 Å². The highest BCUT2D eigenvalue weighted by Gasteiger charge is 2.34. The summed E-state index contributed by atoms with van der Waals surface area (Å²) in [5.74, 6) is 0.302. The average molecular weight is 408 g/mol. The molecule has 0 saturated heterocycles. The van der Waals surface area contributed by atoms with Gasteiger partial charge in [-0.05, 0) is 49.5 Å². The zero-order chi connectivity index (χ0) is 20.7. The summed E-state index contributed by atoms with van der Waals surface area (Å²) in [5, 5.41) is 3.72. The molecule has 1 aromatic rings. The number of thiophene rings is 1. The zero-order valence-electron chi connectivity index (χ0n) is 18.3. The molecule has 0 aromatic carbocycles. The lowest BCUT2D eigenvalue weighted by Gasteiger charge is -2.33. The van der Waals surface area contributed by atoms with Crippen molar-refractivity contribution in [3.05, 3.63) is 16.0 Å². The first-order valence-corrected chi connectivity index (χ1v) is 11.7. The molecule has 4 nitrogen and oxygen atoms in total. The molecule has 0 fully saturated rings. The first kappa shape index (κ1) is 22.9. The van der Waals surface area contributed by atoms with Crippen molar-refractivity contribution in [2.24, 2.45) is 11.3 Å². The molecule has 0 bridgehead atoms. The third-order valence-corrected chi connectivity index (χ3v) is 6.90. The molecule has 0 spiro atoms. The topological polar surface area (TPSA) is 55.4 Å². The van der Waals surface area contributed by atoms with Gasteiger partial charge in [-0.15, -0.1) is 11.3 Å². The summed E-state index contributed by atoms with van der Waals surface area (Å²) in [5.41, 5.74) is 1.95. The van der Waals surface area contributed by atoms with E-state index in [4.69, 9.17) is 4.74 Å². The van der Waals surface area contributed by atoms with Crippen molar-refractivity contribution in [3.63, 3.8) is 0 Å². The first-order valence-electron chi connectivity index (χ1n) is 10.9. The Hall–Kier alpha value is -1.36. The van der Waals surface area contributed by atoms with Crippen molar-refractivity contribution in [2.45, 2.75) is 92.4 Å². The molecule has 1 unspecified atom stereocenters. The highest BCUT2D eigenvalue weighted by atomic mass is 32.1. The van der Waals surface area contributed by atoms with Crippen molar-refractivity contribution in [3.8, 4) is 0 Å². The maximum Gasteiger partial charge on any atom is 0.341 e. The van der Waals surface area contributed by atoms with Crippen LogP contribution in [0.4, 0.5) is 5.00 Å². The van der Waals surface area contributed by atoms with Crippen LogP contribution in [0, 0.1) is 11.3 Å². The number of carbonyl (C=O) groups is 2. The van der Waals surface area contributed by atoms with Gasteiger partial charge in [-0.1, -0.05) is 53.4 Å². The van der Waals surface area contributed by atoms with Crippen LogP contribution in [-0.4, -0.2) is 18.5 Å². The fourth-order valence-electron chi connectivity index (χ4n) is 3.91. The molecule has 1 N–H and O–H groups in total. The molecule has 2 rings (SSSR count). The molecule has 28 heavy (non-hydrogen) atoms. The van der Waals surface area contributed by atoms with Crippen LogP contribution in [0.2, 0.25) is 0 Å². The highest BCUT2D eigenvalue weighted by Crippen LogP contribution is 2.44. The van der Waals surface area contributed by atoms with Gasteiger partial charge < -0.3 is 10.1 Å². The van der Waals surface area contributed by atoms with E-state index < -0.39 is 0 Å². The standard InChI is InChI=1S/C23H37NO3S/c1-6-8-9-10-11-12-19(25)24-21-20(22(26)27-7-2)17-14-13-16(23(3,4)5)15-18(17)28-21/h16H,6-15H2,1-5H3,(H,24,25). The van der Waals surface area contributed by atoms with Gasteiger partial charge in [0.2, 0.25) is 5.91 Å². The molecule has 158 valence electrons. The minimum absolute atomic E-state index is 0.00742. The van der Waals surface area contributed by atoms with Gasteiger partial charge in [-0.3, -0.25) is 4.79 Å². The number of carbonyl (C=O) groups excluding carboxylic acids is 2. The predicted molar refractivity (Wildman–Crippen MR) is 117 cm³/mol. The molecule has 1 heterocycles. The predicted octanol–water partition coefficient (Wildman–Crippen LogP) is 6.37. The van der Waals surface area contributed by atoms with Gasteiger partial charge in [0.25, 0.3) is 0 Å². The van der Waals surface area contributed by atoms with Gasteiger partial charge in [0.15, 0.2) is 0 Å². The normalized spacial score (nSPS) is 16.5. The maximum atomic E-state index is 12.6. The molecule has 1 aliphatic carbocycles. The number of fused-ring (bicyclic) bond motifs is 1. The molecular formula is C23H37NO3S. The van der Waals surface area contributed by atoms with Gasteiger partial charge >= 0.3 is 5.97 Å². The van der Waals surface area contributed by atoms with Gasteiger partial charge in [0.05, 0.1) is 12.2 Å². The third kappa shape index (κ3) is 6.07. The number of anilines is 1. The van der Waals surface area contributed by atoms with E-state index >= 15 is 0 Å². The van der Waals surface area contributed by atoms with Crippen LogP contribution in [0.25, 0.3) is 0 Å². The van der Waals surface area contributed by atoms with E-state index in [2.05, 4.69) is 33.0 Å². The molecule has 1 atom stereocenters. The Bertz CT molecular complexity index is 672. The van der Waals surface area contributed by atoms with E-state index in [1.54, 1.807) is 11.3 Å². The van der Waals surface area contributed by atoms with Crippen LogP contribution in [0.3, 0.4) is 0 Å². The van der Waals surface area contributed by atoms with Crippen LogP contribution in [0.1, 0.15) is 100 Å².